The van der Waals surface area contributed by atoms with E-state index in [2.05, 4.69) is 4.99 Å². The van der Waals surface area contributed by atoms with Crippen LogP contribution in [0.1, 0.15) is 16.7 Å². The Balaban J connectivity index is 2.04. The fourth-order valence-electron chi connectivity index (χ4n) is 2.72. The molecule has 0 saturated heterocycles. The molecule has 0 spiro atoms. The minimum Gasteiger partial charge on any atom is -0.497 e. The van der Waals surface area contributed by atoms with E-state index in [0.29, 0.717) is 28.4 Å². The second-order valence-corrected chi connectivity index (χ2v) is 5.60. The number of nitrogens with zero attached hydrogens (tertiary/aromatic N) is 1. The van der Waals surface area contributed by atoms with Crippen molar-refractivity contribution in [2.24, 2.45) is 4.99 Å². The molecule has 0 fully saturated rings. The summed E-state index contributed by atoms with van der Waals surface area (Å²) in [7, 11) is 4.70. The number of benzene rings is 2. The molecule has 0 N–H and O–H groups in total. The lowest BCUT2D eigenvalue weighted by Gasteiger charge is -2.09. The van der Waals surface area contributed by atoms with Crippen molar-refractivity contribution >= 4 is 17.9 Å². The number of esters is 1. The van der Waals surface area contributed by atoms with Crippen LogP contribution in [0.2, 0.25) is 0 Å². The summed E-state index contributed by atoms with van der Waals surface area (Å²) in [5.74, 6) is 1.55. The highest BCUT2D eigenvalue weighted by Crippen LogP contribution is 2.30. The molecule has 0 aliphatic carbocycles. The summed E-state index contributed by atoms with van der Waals surface area (Å²) in [5, 5.41) is 0. The molecule has 1 aliphatic heterocycles. The Hall–Kier alpha value is -3.28. The molecule has 0 amide bonds. The van der Waals surface area contributed by atoms with Crippen LogP contribution in [0.25, 0.3) is 6.08 Å². The lowest BCUT2D eigenvalue weighted by Crippen LogP contribution is -2.07. The van der Waals surface area contributed by atoms with Crippen LogP contribution in [0.4, 0.5) is 0 Å². The van der Waals surface area contributed by atoms with Crippen LogP contribution in [0.5, 0.6) is 17.2 Å². The number of hydrogen-bond donors (Lipinski definition) is 0. The lowest BCUT2D eigenvalue weighted by atomic mass is 10.1. The van der Waals surface area contributed by atoms with E-state index in [1.165, 1.54) is 0 Å². The molecule has 0 aromatic heterocycles. The summed E-state index contributed by atoms with van der Waals surface area (Å²) in [6, 6.07) is 10.9. The molecular weight excluding hydrogens is 334 g/mol. The number of para-hydroxylation sites is 1. The molecule has 2 aromatic rings. The van der Waals surface area contributed by atoms with Gasteiger partial charge in [0.05, 0.1) is 26.9 Å². The highest BCUT2D eigenvalue weighted by molar-refractivity contribution is 6.14. The van der Waals surface area contributed by atoms with Gasteiger partial charge in [0.2, 0.25) is 5.90 Å². The first kappa shape index (κ1) is 17.5. The Morgan fingerprint density at radius 3 is 2.54 bits per heavy atom. The molecule has 1 heterocycles. The van der Waals surface area contributed by atoms with Gasteiger partial charge in [-0.2, -0.15) is 0 Å². The van der Waals surface area contributed by atoms with E-state index in [9.17, 15) is 4.79 Å². The third-order valence-corrected chi connectivity index (χ3v) is 4.00. The minimum atomic E-state index is -0.534. The van der Waals surface area contributed by atoms with Gasteiger partial charge in [0.15, 0.2) is 5.70 Å². The number of cyclic esters (lactones) is 1. The van der Waals surface area contributed by atoms with Crippen molar-refractivity contribution in [1.29, 1.82) is 0 Å². The zero-order valence-corrected chi connectivity index (χ0v) is 15.0. The number of aliphatic imine (C=N–C) groups is 1. The number of methoxy groups -OCH3 is 3. The third kappa shape index (κ3) is 3.26. The first-order valence-corrected chi connectivity index (χ1v) is 7.96. The van der Waals surface area contributed by atoms with E-state index in [-0.39, 0.29) is 11.6 Å². The molecule has 0 radical (unpaired) electrons. The van der Waals surface area contributed by atoms with Crippen LogP contribution in [-0.2, 0) is 9.53 Å². The molecular formula is C20H19NO5. The van der Waals surface area contributed by atoms with Crippen molar-refractivity contribution in [2.45, 2.75) is 6.92 Å². The summed E-state index contributed by atoms with van der Waals surface area (Å²) in [6.45, 7) is 1.91. The predicted octanol–water partition coefficient (Wildman–Crippen LogP) is 3.37. The fourth-order valence-corrected chi connectivity index (χ4v) is 2.72. The maximum atomic E-state index is 12.3. The van der Waals surface area contributed by atoms with E-state index < -0.39 is 5.97 Å². The number of aryl methyl sites for hydroxylation is 1. The number of hydrogen-bond acceptors (Lipinski definition) is 6. The molecule has 0 saturated carbocycles. The fraction of sp³-hybridized carbons (Fsp3) is 0.200. The topological polar surface area (TPSA) is 66.3 Å². The van der Waals surface area contributed by atoms with Gasteiger partial charge in [-0.05, 0) is 42.8 Å². The van der Waals surface area contributed by atoms with Crippen molar-refractivity contribution in [3.63, 3.8) is 0 Å². The van der Waals surface area contributed by atoms with E-state index in [1.54, 1.807) is 51.7 Å². The predicted molar refractivity (Wildman–Crippen MR) is 97.9 cm³/mol. The SMILES string of the molecule is COc1ccc(OC)c(/C=C2/N=C(c3cccc(C)c3OC)OC2=O)c1. The highest BCUT2D eigenvalue weighted by atomic mass is 16.6. The van der Waals surface area contributed by atoms with Crippen molar-refractivity contribution in [2.75, 3.05) is 21.3 Å². The summed E-state index contributed by atoms with van der Waals surface area (Å²) in [6.07, 6.45) is 1.61. The maximum Gasteiger partial charge on any atom is 0.363 e. The average molecular weight is 353 g/mol. The zero-order valence-electron chi connectivity index (χ0n) is 15.0. The average Bonchev–Trinajstić information content (AvgIpc) is 3.01. The number of carbonyl (C=O) groups excluding carboxylic acids is 1. The van der Waals surface area contributed by atoms with Crippen molar-refractivity contribution in [3.05, 3.63) is 58.8 Å². The second kappa shape index (κ2) is 7.31. The summed E-state index contributed by atoms with van der Waals surface area (Å²) in [4.78, 5) is 16.6. The standard InChI is InChI=1S/C20H19NO5/c1-12-6-5-7-15(18(12)25-4)19-21-16(20(22)26-19)11-13-10-14(23-2)8-9-17(13)24-3/h5-11H,1-4H3/b16-11+. The van der Waals surface area contributed by atoms with Crippen LogP contribution in [0, 0.1) is 6.92 Å². The van der Waals surface area contributed by atoms with Gasteiger partial charge in [-0.25, -0.2) is 9.79 Å². The highest BCUT2D eigenvalue weighted by Gasteiger charge is 2.27. The second-order valence-electron chi connectivity index (χ2n) is 5.60. The Kier molecular flexibility index (Phi) is 4.93. The number of ether oxygens (including phenoxy) is 4. The summed E-state index contributed by atoms with van der Waals surface area (Å²) in [5.41, 5.74) is 2.40. The Bertz CT molecular complexity index is 914. The van der Waals surface area contributed by atoms with Gasteiger partial charge < -0.3 is 18.9 Å². The monoisotopic (exact) mass is 353 g/mol. The molecule has 3 rings (SSSR count). The number of rotatable bonds is 5. The van der Waals surface area contributed by atoms with Gasteiger partial charge in [0.25, 0.3) is 0 Å². The third-order valence-electron chi connectivity index (χ3n) is 4.00. The van der Waals surface area contributed by atoms with Crippen molar-refractivity contribution < 1.29 is 23.7 Å². The van der Waals surface area contributed by atoms with Crippen molar-refractivity contribution in [1.82, 2.24) is 0 Å². The molecule has 6 heteroatoms. The smallest absolute Gasteiger partial charge is 0.363 e. The van der Waals surface area contributed by atoms with Gasteiger partial charge in [0.1, 0.15) is 17.2 Å². The van der Waals surface area contributed by atoms with Gasteiger partial charge >= 0.3 is 5.97 Å². The Morgan fingerprint density at radius 2 is 1.85 bits per heavy atom. The zero-order chi connectivity index (χ0) is 18.7. The molecule has 6 nitrogen and oxygen atoms in total. The van der Waals surface area contributed by atoms with Crippen LogP contribution in [-0.4, -0.2) is 33.2 Å². The van der Waals surface area contributed by atoms with E-state index in [4.69, 9.17) is 18.9 Å². The molecule has 0 unspecified atom stereocenters. The maximum absolute atomic E-state index is 12.3. The largest absolute Gasteiger partial charge is 0.497 e. The molecule has 1 aliphatic rings. The molecule has 0 bridgehead atoms. The first-order chi connectivity index (χ1) is 12.6. The molecule has 134 valence electrons. The van der Waals surface area contributed by atoms with Crippen LogP contribution in [0.15, 0.2) is 47.1 Å². The van der Waals surface area contributed by atoms with Gasteiger partial charge in [-0.3, -0.25) is 0 Å². The minimum absolute atomic E-state index is 0.176. The van der Waals surface area contributed by atoms with E-state index >= 15 is 0 Å². The lowest BCUT2D eigenvalue weighted by molar-refractivity contribution is -0.129. The van der Waals surface area contributed by atoms with E-state index in [1.807, 2.05) is 19.1 Å². The van der Waals surface area contributed by atoms with Crippen LogP contribution in [0.3, 0.4) is 0 Å². The quantitative estimate of drug-likeness (QED) is 0.609. The van der Waals surface area contributed by atoms with Gasteiger partial charge in [-0.1, -0.05) is 12.1 Å². The Morgan fingerprint density at radius 1 is 1.04 bits per heavy atom. The van der Waals surface area contributed by atoms with Crippen LogP contribution < -0.4 is 14.2 Å². The van der Waals surface area contributed by atoms with Gasteiger partial charge in [-0.15, -0.1) is 0 Å². The number of carbonyl (C=O) groups is 1. The molecule has 0 atom stereocenters. The molecule has 26 heavy (non-hydrogen) atoms. The van der Waals surface area contributed by atoms with E-state index in [0.717, 1.165) is 5.56 Å². The van der Waals surface area contributed by atoms with Gasteiger partial charge in [0, 0.05) is 5.56 Å². The van der Waals surface area contributed by atoms with Crippen molar-refractivity contribution in [3.8, 4) is 17.2 Å². The summed E-state index contributed by atoms with van der Waals surface area (Å²) < 4.78 is 21.3. The molecule has 2 aromatic carbocycles. The summed E-state index contributed by atoms with van der Waals surface area (Å²) >= 11 is 0. The van der Waals surface area contributed by atoms with Crippen LogP contribution >= 0.6 is 0 Å². The Labute approximate surface area is 151 Å². The normalized spacial score (nSPS) is 14.8. The first-order valence-electron chi connectivity index (χ1n) is 7.96.